The Kier molecular flexibility index (Phi) is 4.42. The molecule has 0 radical (unpaired) electrons. The van der Waals surface area contributed by atoms with Gasteiger partial charge in [-0.3, -0.25) is 0 Å². The first-order valence-electron chi connectivity index (χ1n) is 6.04. The Balaban J connectivity index is 1.99. The van der Waals surface area contributed by atoms with Gasteiger partial charge >= 0.3 is 5.97 Å². The third-order valence-electron chi connectivity index (χ3n) is 2.84. The van der Waals surface area contributed by atoms with Crippen molar-refractivity contribution in [3.63, 3.8) is 0 Å². The highest BCUT2D eigenvalue weighted by Gasteiger charge is 2.11. The number of hydrogen-bond acceptors (Lipinski definition) is 4. The molecular formula is C14H14ClN3O2. The maximum atomic E-state index is 11.0. The average molecular weight is 292 g/mol. The molecule has 0 fully saturated rings. The summed E-state index contributed by atoms with van der Waals surface area (Å²) < 4.78 is 0. The second-order valence-electron chi connectivity index (χ2n) is 4.23. The zero-order valence-corrected chi connectivity index (χ0v) is 11.4. The SMILES string of the molecule is Nc1c(C(=O)O)ccnc1NCCc1ccc(Cl)cc1. The summed E-state index contributed by atoms with van der Waals surface area (Å²) in [5.74, 6) is -0.676. The first kappa shape index (κ1) is 14.1. The van der Waals surface area contributed by atoms with E-state index in [-0.39, 0.29) is 11.3 Å². The summed E-state index contributed by atoms with van der Waals surface area (Å²) in [6.07, 6.45) is 2.18. The number of carboxylic acids is 1. The smallest absolute Gasteiger partial charge is 0.337 e. The van der Waals surface area contributed by atoms with Crippen LogP contribution in [0, 0.1) is 0 Å². The van der Waals surface area contributed by atoms with Crippen LogP contribution in [0.15, 0.2) is 36.5 Å². The van der Waals surface area contributed by atoms with Crippen molar-refractivity contribution in [1.82, 2.24) is 4.98 Å². The van der Waals surface area contributed by atoms with Crippen LogP contribution in [0.1, 0.15) is 15.9 Å². The number of benzene rings is 1. The molecule has 0 atom stereocenters. The lowest BCUT2D eigenvalue weighted by Crippen LogP contribution is -2.11. The van der Waals surface area contributed by atoms with Gasteiger partial charge in [-0.15, -0.1) is 0 Å². The molecule has 0 aliphatic rings. The predicted octanol–water partition coefficient (Wildman–Crippen LogP) is 2.67. The highest BCUT2D eigenvalue weighted by Crippen LogP contribution is 2.19. The number of nitrogen functional groups attached to an aromatic ring is 1. The second kappa shape index (κ2) is 6.25. The number of carboxylic acid groups (broad SMARTS) is 1. The first-order valence-corrected chi connectivity index (χ1v) is 6.42. The van der Waals surface area contributed by atoms with E-state index in [0.717, 1.165) is 12.0 Å². The predicted molar refractivity (Wildman–Crippen MR) is 79.3 cm³/mol. The zero-order valence-electron chi connectivity index (χ0n) is 10.6. The maximum Gasteiger partial charge on any atom is 0.337 e. The molecule has 0 unspecified atom stereocenters. The minimum atomic E-state index is -1.06. The van der Waals surface area contributed by atoms with E-state index >= 15 is 0 Å². The van der Waals surface area contributed by atoms with Gasteiger partial charge in [-0.05, 0) is 30.2 Å². The van der Waals surface area contributed by atoms with Crippen LogP contribution >= 0.6 is 11.6 Å². The molecule has 20 heavy (non-hydrogen) atoms. The number of hydrogen-bond donors (Lipinski definition) is 3. The third kappa shape index (κ3) is 3.39. The first-order chi connectivity index (χ1) is 9.58. The average Bonchev–Trinajstić information content (AvgIpc) is 2.42. The van der Waals surface area contributed by atoms with Crippen LogP contribution in [0.3, 0.4) is 0 Å². The molecule has 5 nitrogen and oxygen atoms in total. The van der Waals surface area contributed by atoms with E-state index in [1.54, 1.807) is 0 Å². The largest absolute Gasteiger partial charge is 0.478 e. The van der Waals surface area contributed by atoms with Gasteiger partial charge in [-0.2, -0.15) is 0 Å². The summed E-state index contributed by atoms with van der Waals surface area (Å²) in [5.41, 5.74) is 7.08. The van der Waals surface area contributed by atoms with E-state index in [2.05, 4.69) is 10.3 Å². The minimum Gasteiger partial charge on any atom is -0.478 e. The van der Waals surface area contributed by atoms with E-state index in [0.29, 0.717) is 17.4 Å². The van der Waals surface area contributed by atoms with Crippen molar-refractivity contribution < 1.29 is 9.90 Å². The standard InChI is InChI=1S/C14H14ClN3O2/c15-10-3-1-9(2-4-10)5-7-17-13-12(16)11(14(19)20)6-8-18-13/h1-4,6,8H,5,7,16H2,(H,17,18)(H,19,20). The Morgan fingerprint density at radius 2 is 2.00 bits per heavy atom. The van der Waals surface area contributed by atoms with Crippen LogP contribution in [-0.4, -0.2) is 22.6 Å². The number of aromatic carboxylic acids is 1. The number of nitrogens with one attached hydrogen (secondary N) is 1. The molecule has 0 spiro atoms. The fraction of sp³-hybridized carbons (Fsp3) is 0.143. The highest BCUT2D eigenvalue weighted by molar-refractivity contribution is 6.30. The zero-order chi connectivity index (χ0) is 14.5. The quantitative estimate of drug-likeness (QED) is 0.788. The van der Waals surface area contributed by atoms with Crippen LogP contribution in [0.25, 0.3) is 0 Å². The lowest BCUT2D eigenvalue weighted by molar-refractivity contribution is 0.0698. The van der Waals surface area contributed by atoms with Crippen LogP contribution < -0.4 is 11.1 Å². The molecule has 0 bridgehead atoms. The fourth-order valence-corrected chi connectivity index (χ4v) is 1.90. The normalized spacial score (nSPS) is 10.2. The molecule has 0 saturated heterocycles. The van der Waals surface area contributed by atoms with E-state index in [9.17, 15) is 4.79 Å². The van der Waals surface area contributed by atoms with Gasteiger partial charge in [0.25, 0.3) is 0 Å². The lowest BCUT2D eigenvalue weighted by Gasteiger charge is -2.10. The van der Waals surface area contributed by atoms with E-state index in [1.807, 2.05) is 24.3 Å². The monoisotopic (exact) mass is 291 g/mol. The number of rotatable bonds is 5. The number of nitrogens with zero attached hydrogens (tertiary/aromatic N) is 1. The summed E-state index contributed by atoms with van der Waals surface area (Å²) in [4.78, 5) is 15.0. The molecule has 0 aliphatic heterocycles. The molecule has 1 aromatic carbocycles. The van der Waals surface area contributed by atoms with Gasteiger partial charge in [-0.1, -0.05) is 23.7 Å². The van der Waals surface area contributed by atoms with Gasteiger partial charge in [0, 0.05) is 17.8 Å². The number of halogens is 1. The Morgan fingerprint density at radius 3 is 2.65 bits per heavy atom. The van der Waals surface area contributed by atoms with Crippen LogP contribution in [0.2, 0.25) is 5.02 Å². The van der Waals surface area contributed by atoms with Crippen LogP contribution in [-0.2, 0) is 6.42 Å². The molecule has 1 heterocycles. The van der Waals surface area contributed by atoms with E-state index in [1.165, 1.54) is 12.3 Å². The number of pyridine rings is 1. The topological polar surface area (TPSA) is 88.2 Å². The van der Waals surface area contributed by atoms with E-state index in [4.69, 9.17) is 22.4 Å². The summed E-state index contributed by atoms with van der Waals surface area (Å²) in [5, 5.41) is 12.7. The molecule has 6 heteroatoms. The van der Waals surface area contributed by atoms with Crippen molar-refractivity contribution in [2.45, 2.75) is 6.42 Å². The Morgan fingerprint density at radius 1 is 1.30 bits per heavy atom. The van der Waals surface area contributed by atoms with Gasteiger partial charge < -0.3 is 16.2 Å². The van der Waals surface area contributed by atoms with Crippen molar-refractivity contribution in [2.24, 2.45) is 0 Å². The maximum absolute atomic E-state index is 11.0. The van der Waals surface area contributed by atoms with Crippen LogP contribution in [0.4, 0.5) is 11.5 Å². The van der Waals surface area contributed by atoms with Crippen LogP contribution in [0.5, 0.6) is 0 Å². The third-order valence-corrected chi connectivity index (χ3v) is 3.09. The lowest BCUT2D eigenvalue weighted by atomic mass is 10.1. The minimum absolute atomic E-state index is 0.0500. The number of nitrogens with two attached hydrogens (primary N) is 1. The molecule has 1 aromatic heterocycles. The molecule has 4 N–H and O–H groups in total. The Labute approximate surface area is 121 Å². The number of aromatic nitrogens is 1. The van der Waals surface area contributed by atoms with Crippen molar-refractivity contribution >= 4 is 29.1 Å². The molecule has 2 aromatic rings. The molecular weight excluding hydrogens is 278 g/mol. The highest BCUT2D eigenvalue weighted by atomic mass is 35.5. The van der Waals surface area contributed by atoms with Crippen molar-refractivity contribution in [1.29, 1.82) is 0 Å². The van der Waals surface area contributed by atoms with Gasteiger partial charge in [0.2, 0.25) is 0 Å². The molecule has 0 amide bonds. The van der Waals surface area contributed by atoms with Crippen molar-refractivity contribution in [3.8, 4) is 0 Å². The molecule has 104 valence electrons. The van der Waals surface area contributed by atoms with Gasteiger partial charge in [0.15, 0.2) is 0 Å². The summed E-state index contributed by atoms with van der Waals surface area (Å²) in [7, 11) is 0. The van der Waals surface area contributed by atoms with Gasteiger partial charge in [-0.25, -0.2) is 9.78 Å². The number of anilines is 2. The summed E-state index contributed by atoms with van der Waals surface area (Å²) >= 11 is 5.81. The molecule has 0 saturated carbocycles. The summed E-state index contributed by atoms with van der Waals surface area (Å²) in [6, 6.07) is 8.91. The summed E-state index contributed by atoms with van der Waals surface area (Å²) in [6.45, 7) is 0.599. The Hall–Kier alpha value is -2.27. The number of carbonyl (C=O) groups is 1. The van der Waals surface area contributed by atoms with Gasteiger partial charge in [0.05, 0.1) is 11.3 Å². The van der Waals surface area contributed by atoms with Crippen molar-refractivity contribution in [3.05, 3.63) is 52.7 Å². The van der Waals surface area contributed by atoms with Crippen molar-refractivity contribution in [2.75, 3.05) is 17.6 Å². The van der Waals surface area contributed by atoms with Gasteiger partial charge in [0.1, 0.15) is 5.82 Å². The Bertz CT molecular complexity index is 614. The molecule has 2 rings (SSSR count). The fourth-order valence-electron chi connectivity index (χ4n) is 1.78. The van der Waals surface area contributed by atoms with E-state index < -0.39 is 5.97 Å². The molecule has 0 aliphatic carbocycles. The second-order valence-corrected chi connectivity index (χ2v) is 4.67.